The molecule has 0 unspecified atom stereocenters. The van der Waals surface area contributed by atoms with E-state index in [2.05, 4.69) is 32.0 Å². The number of benzene rings is 2. The van der Waals surface area contributed by atoms with Gasteiger partial charge in [0, 0.05) is 32.3 Å². The number of likely N-dealkylation sites (N-methyl/N-ethyl adjacent to an activating group) is 1. The van der Waals surface area contributed by atoms with E-state index in [-0.39, 0.29) is 61.6 Å². The minimum absolute atomic E-state index is 0. The summed E-state index contributed by atoms with van der Waals surface area (Å²) in [4.78, 5) is 34.2. The smallest absolute Gasteiger partial charge is 1.00 e. The number of nitrogens with one attached hydrogen (secondary N) is 5. The summed E-state index contributed by atoms with van der Waals surface area (Å²) in [7, 11) is 1.44. The number of aromatic nitrogens is 2. The van der Waals surface area contributed by atoms with Crippen LogP contribution in [-0.4, -0.2) is 80.7 Å². The van der Waals surface area contributed by atoms with Crippen molar-refractivity contribution in [2.75, 3.05) is 13.6 Å². The molecular formula is C28H37MgN9O6. The summed E-state index contributed by atoms with van der Waals surface area (Å²) in [5, 5.41) is 22.1. The Kier molecular flexibility index (Phi) is 17.1. The Balaban J connectivity index is 0. The molecule has 4 rings (SSSR count). The number of rotatable bonds is 10. The van der Waals surface area contributed by atoms with Gasteiger partial charge in [0.15, 0.2) is 17.3 Å². The van der Waals surface area contributed by atoms with Crippen LogP contribution in [0.25, 0.3) is 0 Å². The minimum atomic E-state index is -0.993. The molecule has 0 bridgehead atoms. The maximum Gasteiger partial charge on any atom is 2.00 e. The third-order valence-corrected chi connectivity index (χ3v) is 5.18. The summed E-state index contributed by atoms with van der Waals surface area (Å²) < 4.78 is 9.62. The first kappa shape index (κ1) is 37.3. The number of carboxylic acids is 1. The predicted octanol–water partition coefficient (Wildman–Crippen LogP) is 1.58. The van der Waals surface area contributed by atoms with Gasteiger partial charge < -0.3 is 27.6 Å². The molecule has 16 heteroatoms. The van der Waals surface area contributed by atoms with Crippen molar-refractivity contribution in [1.82, 2.24) is 36.9 Å². The maximum absolute atomic E-state index is 11.6. The van der Waals surface area contributed by atoms with E-state index in [1.807, 2.05) is 60.7 Å². The Labute approximate surface area is 273 Å². The van der Waals surface area contributed by atoms with Crippen LogP contribution in [0.1, 0.15) is 46.5 Å². The van der Waals surface area contributed by atoms with Gasteiger partial charge >= 0.3 is 29.0 Å². The molecule has 2 amide bonds. The molecule has 0 saturated heterocycles. The number of carbonyl (C=O) groups excluding carboxylic acids is 2. The number of hydrogen-bond acceptors (Lipinski definition) is 10. The SMILES string of the molecule is CN(CC(=O)O)C(=N)N.Cc1cc(C(=O)NNCc2ccccc2)no1.Cc1cc(C(=O)NNCc2ccccc2)no1.[H-].[H-].[Mg+2]. The van der Waals surface area contributed by atoms with Crippen LogP contribution in [0.2, 0.25) is 0 Å². The van der Waals surface area contributed by atoms with E-state index in [0.29, 0.717) is 24.6 Å². The molecular weight excluding hydrogens is 583 g/mol. The quantitative estimate of drug-likeness (QED) is 0.0581. The van der Waals surface area contributed by atoms with Crippen molar-refractivity contribution in [2.24, 2.45) is 5.73 Å². The van der Waals surface area contributed by atoms with E-state index in [9.17, 15) is 14.4 Å². The van der Waals surface area contributed by atoms with Crippen molar-refractivity contribution >= 4 is 46.8 Å². The number of carboxylic acid groups (broad SMARTS) is 1. The van der Waals surface area contributed by atoms with E-state index in [0.717, 1.165) is 16.0 Å². The molecule has 4 aromatic rings. The summed E-state index contributed by atoms with van der Waals surface area (Å²) in [5.41, 5.74) is 18.4. The first-order chi connectivity index (χ1) is 20.5. The van der Waals surface area contributed by atoms with E-state index in [1.165, 1.54) is 7.05 Å². The summed E-state index contributed by atoms with van der Waals surface area (Å²) in [5.74, 6) is -0.628. The maximum atomic E-state index is 11.6. The monoisotopic (exact) mass is 619 g/mol. The molecule has 2 aromatic carbocycles. The zero-order chi connectivity index (χ0) is 31.6. The topological polar surface area (TPSA) is 225 Å². The van der Waals surface area contributed by atoms with Crippen molar-refractivity contribution in [3.63, 3.8) is 0 Å². The van der Waals surface area contributed by atoms with Crippen LogP contribution in [0.5, 0.6) is 0 Å². The van der Waals surface area contributed by atoms with Gasteiger partial charge in [0.25, 0.3) is 11.8 Å². The molecule has 0 saturated carbocycles. The number of aliphatic carboxylic acids is 1. The van der Waals surface area contributed by atoms with Crippen molar-refractivity contribution < 1.29 is 31.4 Å². The van der Waals surface area contributed by atoms with Crippen molar-refractivity contribution in [1.29, 1.82) is 5.41 Å². The van der Waals surface area contributed by atoms with Gasteiger partial charge in [-0.2, -0.15) is 0 Å². The fraction of sp³-hybridized carbons (Fsp3) is 0.214. The number of nitrogens with two attached hydrogens (primary N) is 1. The van der Waals surface area contributed by atoms with Crippen LogP contribution in [-0.2, 0) is 17.9 Å². The summed E-state index contributed by atoms with van der Waals surface area (Å²) in [6.07, 6.45) is 0. The van der Waals surface area contributed by atoms with Gasteiger partial charge in [-0.05, 0) is 25.0 Å². The van der Waals surface area contributed by atoms with E-state index in [4.69, 9.17) is 25.3 Å². The fourth-order valence-corrected chi connectivity index (χ4v) is 3.01. The molecule has 8 N–H and O–H groups in total. The molecule has 44 heavy (non-hydrogen) atoms. The average Bonchev–Trinajstić information content (AvgIpc) is 3.63. The van der Waals surface area contributed by atoms with E-state index in [1.54, 1.807) is 26.0 Å². The number of amides is 2. The van der Waals surface area contributed by atoms with Gasteiger partial charge in [-0.3, -0.25) is 30.6 Å². The largest absolute Gasteiger partial charge is 2.00 e. The zero-order valence-electron chi connectivity index (χ0n) is 26.7. The molecule has 15 nitrogen and oxygen atoms in total. The second-order valence-corrected chi connectivity index (χ2v) is 8.87. The first-order valence-corrected chi connectivity index (χ1v) is 12.8. The van der Waals surface area contributed by atoms with Crippen LogP contribution in [0.3, 0.4) is 0 Å². The Hall–Kier alpha value is -4.77. The van der Waals surface area contributed by atoms with Gasteiger partial charge in [0.05, 0.1) is 0 Å². The first-order valence-electron chi connectivity index (χ1n) is 12.8. The normalized spacial score (nSPS) is 9.61. The van der Waals surface area contributed by atoms with Gasteiger partial charge in [-0.1, -0.05) is 71.0 Å². The number of aryl methyl sites for hydroxylation is 2. The molecule has 0 aliphatic rings. The van der Waals surface area contributed by atoms with Crippen LogP contribution < -0.4 is 27.4 Å². The molecule has 0 aliphatic carbocycles. The number of nitrogens with zero attached hydrogens (tertiary/aromatic N) is 3. The van der Waals surface area contributed by atoms with Crippen LogP contribution >= 0.6 is 0 Å². The van der Waals surface area contributed by atoms with Crippen molar-refractivity contribution in [3.05, 3.63) is 107 Å². The van der Waals surface area contributed by atoms with Crippen LogP contribution in [0, 0.1) is 19.3 Å². The molecule has 2 heterocycles. The number of hydrogen-bond donors (Lipinski definition) is 7. The minimum Gasteiger partial charge on any atom is -1.00 e. The third kappa shape index (κ3) is 14.9. The second-order valence-electron chi connectivity index (χ2n) is 8.87. The molecule has 0 spiro atoms. The fourth-order valence-electron chi connectivity index (χ4n) is 3.01. The van der Waals surface area contributed by atoms with Gasteiger partial charge in [0.2, 0.25) is 0 Å². The van der Waals surface area contributed by atoms with Crippen LogP contribution in [0.4, 0.5) is 0 Å². The van der Waals surface area contributed by atoms with Gasteiger partial charge in [-0.15, -0.1) is 0 Å². The molecule has 0 radical (unpaired) electrons. The van der Waals surface area contributed by atoms with E-state index < -0.39 is 5.97 Å². The van der Waals surface area contributed by atoms with E-state index >= 15 is 0 Å². The van der Waals surface area contributed by atoms with Crippen LogP contribution in [0.15, 0.2) is 81.8 Å². The van der Waals surface area contributed by atoms with Gasteiger partial charge in [0.1, 0.15) is 18.1 Å². The number of carbonyl (C=O) groups is 3. The summed E-state index contributed by atoms with van der Waals surface area (Å²) >= 11 is 0. The Bertz CT molecular complexity index is 1370. The molecule has 0 atom stereocenters. The van der Waals surface area contributed by atoms with Gasteiger partial charge in [-0.25, -0.2) is 10.9 Å². The summed E-state index contributed by atoms with van der Waals surface area (Å²) in [6, 6.07) is 22.7. The molecule has 2 aromatic heterocycles. The third-order valence-electron chi connectivity index (χ3n) is 5.18. The standard InChI is InChI=1S/2C12H13N3O2.C4H9N3O2.Mg.2H/c2*1-9-7-11(15-17-9)12(16)14-13-8-10-5-3-2-4-6-10;1-7(4(5)6)2-3(8)9;;;/h2*2-7,13H,8H2,1H3,(H,14,16);2H2,1H3,(H3,5,6)(H,8,9);;;/q;;;+2;2*-1. The zero-order valence-corrected chi connectivity index (χ0v) is 26.1. The molecule has 0 aliphatic heterocycles. The molecule has 232 valence electrons. The summed E-state index contributed by atoms with van der Waals surface area (Å²) in [6.45, 7) is 4.37. The Morgan fingerprint density at radius 1 is 0.841 bits per heavy atom. The van der Waals surface area contributed by atoms with Crippen molar-refractivity contribution in [3.8, 4) is 0 Å². The second kappa shape index (κ2) is 20.2. The number of hydrazine groups is 2. The molecule has 0 fully saturated rings. The predicted molar refractivity (Wildman–Crippen MR) is 164 cm³/mol. The Morgan fingerprint density at radius 3 is 1.50 bits per heavy atom. The number of guanidine groups is 1. The Morgan fingerprint density at radius 2 is 1.23 bits per heavy atom. The average molecular weight is 620 g/mol. The van der Waals surface area contributed by atoms with Crippen molar-refractivity contribution in [2.45, 2.75) is 26.9 Å².